The molecule has 3 nitrogen and oxygen atoms in total. The van der Waals surface area contributed by atoms with Crippen LogP contribution in [0.15, 0.2) is 54.7 Å². The van der Waals surface area contributed by atoms with Crippen molar-refractivity contribution in [3.63, 3.8) is 0 Å². The zero-order valence-corrected chi connectivity index (χ0v) is 12.5. The van der Waals surface area contributed by atoms with E-state index in [1.165, 1.54) is 0 Å². The summed E-state index contributed by atoms with van der Waals surface area (Å²) < 4.78 is 2.50. The normalized spacial score (nSPS) is 10.4. The second kappa shape index (κ2) is 5.10. The summed E-state index contributed by atoms with van der Waals surface area (Å²) in [4.78, 5) is 12.6. The first-order chi connectivity index (χ1) is 9.72. The lowest BCUT2D eigenvalue weighted by molar-refractivity contribution is 0.0964. The highest BCUT2D eigenvalue weighted by Gasteiger charge is 2.14. The Bertz CT molecular complexity index is 858. The number of halogens is 1. The first-order valence-electron chi connectivity index (χ1n) is 6.02. The number of benzene rings is 2. The first-order valence-corrected chi connectivity index (χ1v) is 7.09. The Labute approximate surface area is 129 Å². The number of carbonyl (C=O) groups is 1. The number of rotatable bonds is 1. The molecule has 0 aliphatic rings. The fourth-order valence-electron chi connectivity index (χ4n) is 2.21. The average molecular weight is 372 g/mol. The minimum Gasteiger partial charge on any atom is -0.283 e. The summed E-state index contributed by atoms with van der Waals surface area (Å²) in [5.41, 5.74) is 2.00. The van der Waals surface area contributed by atoms with E-state index in [0.717, 1.165) is 14.5 Å². The summed E-state index contributed by atoms with van der Waals surface area (Å²) in [5.74, 6) is -0.0833. The van der Waals surface area contributed by atoms with Gasteiger partial charge in [-0.1, -0.05) is 18.2 Å². The number of hydrogen-bond donors (Lipinski definition) is 0. The maximum atomic E-state index is 12.6. The number of aromatic nitrogens is 1. The van der Waals surface area contributed by atoms with Crippen LogP contribution in [0.25, 0.3) is 10.9 Å². The summed E-state index contributed by atoms with van der Waals surface area (Å²) in [6, 6.07) is 16.8. The fraction of sp³-hybridized carbons (Fsp3) is 0. The van der Waals surface area contributed by atoms with E-state index >= 15 is 0 Å². The van der Waals surface area contributed by atoms with E-state index in [1.807, 2.05) is 36.4 Å². The topological polar surface area (TPSA) is 45.8 Å². The maximum absolute atomic E-state index is 12.6. The van der Waals surface area contributed by atoms with Crippen molar-refractivity contribution >= 4 is 39.4 Å². The van der Waals surface area contributed by atoms with Crippen LogP contribution in [-0.4, -0.2) is 10.5 Å². The Hall–Kier alpha value is -2.13. The highest BCUT2D eigenvalue weighted by molar-refractivity contribution is 14.1. The Morgan fingerprint density at radius 2 is 1.90 bits per heavy atom. The standard InChI is InChI=1S/C16H9IN2O/c17-14-6-2-1-5-13(14)16(20)19-9-8-12-11(10-18)4-3-7-15(12)19/h1-9H. The lowest BCUT2D eigenvalue weighted by Gasteiger charge is -2.06. The zero-order valence-electron chi connectivity index (χ0n) is 10.4. The van der Waals surface area contributed by atoms with Gasteiger partial charge in [-0.2, -0.15) is 5.26 Å². The minimum absolute atomic E-state index is 0.0833. The van der Waals surface area contributed by atoms with Crippen LogP contribution in [0.4, 0.5) is 0 Å². The molecule has 2 aromatic carbocycles. The van der Waals surface area contributed by atoms with Gasteiger partial charge in [-0.3, -0.25) is 9.36 Å². The molecule has 0 aliphatic heterocycles. The molecule has 1 aromatic heterocycles. The molecule has 3 rings (SSSR count). The molecule has 0 unspecified atom stereocenters. The molecular formula is C16H9IN2O. The molecule has 0 saturated carbocycles. The molecule has 96 valence electrons. The van der Waals surface area contributed by atoms with Crippen LogP contribution in [-0.2, 0) is 0 Å². The summed E-state index contributed by atoms with van der Waals surface area (Å²) in [5, 5.41) is 9.90. The SMILES string of the molecule is N#Cc1cccc2c1ccn2C(=O)c1ccccc1I. The van der Waals surface area contributed by atoms with Crippen LogP contribution in [0, 0.1) is 14.9 Å². The summed E-state index contributed by atoms with van der Waals surface area (Å²) in [7, 11) is 0. The van der Waals surface area contributed by atoms with Crippen LogP contribution in [0.1, 0.15) is 15.9 Å². The second-order valence-electron chi connectivity index (χ2n) is 4.32. The second-order valence-corrected chi connectivity index (χ2v) is 5.48. The summed E-state index contributed by atoms with van der Waals surface area (Å²) in [6.45, 7) is 0. The van der Waals surface area contributed by atoms with E-state index in [0.29, 0.717) is 11.1 Å². The quantitative estimate of drug-likeness (QED) is 0.610. The predicted octanol–water partition coefficient (Wildman–Crippen LogP) is 3.81. The molecule has 0 radical (unpaired) electrons. The molecule has 0 bridgehead atoms. The third-order valence-electron chi connectivity index (χ3n) is 3.18. The van der Waals surface area contributed by atoms with Gasteiger partial charge in [0, 0.05) is 15.2 Å². The third-order valence-corrected chi connectivity index (χ3v) is 4.12. The molecule has 3 aromatic rings. The van der Waals surface area contributed by atoms with Crippen molar-refractivity contribution in [1.82, 2.24) is 4.57 Å². The fourth-order valence-corrected chi connectivity index (χ4v) is 2.82. The van der Waals surface area contributed by atoms with Crippen molar-refractivity contribution in [3.05, 3.63) is 69.4 Å². The molecule has 0 spiro atoms. The van der Waals surface area contributed by atoms with Gasteiger partial charge in [-0.25, -0.2) is 0 Å². The Morgan fingerprint density at radius 1 is 1.10 bits per heavy atom. The summed E-state index contributed by atoms with van der Waals surface area (Å²) >= 11 is 2.15. The van der Waals surface area contributed by atoms with Crippen molar-refractivity contribution in [1.29, 1.82) is 5.26 Å². The van der Waals surface area contributed by atoms with Crippen LogP contribution in [0.3, 0.4) is 0 Å². The molecule has 20 heavy (non-hydrogen) atoms. The van der Waals surface area contributed by atoms with Gasteiger partial charge in [0.15, 0.2) is 0 Å². The van der Waals surface area contributed by atoms with Crippen LogP contribution >= 0.6 is 22.6 Å². The van der Waals surface area contributed by atoms with Crippen molar-refractivity contribution in [2.75, 3.05) is 0 Å². The molecule has 1 heterocycles. The summed E-state index contributed by atoms with van der Waals surface area (Å²) in [6.07, 6.45) is 1.72. The zero-order chi connectivity index (χ0) is 14.1. The van der Waals surface area contributed by atoms with Gasteiger partial charge in [0.2, 0.25) is 0 Å². The Kier molecular flexibility index (Phi) is 3.28. The third kappa shape index (κ3) is 2.00. The van der Waals surface area contributed by atoms with Crippen molar-refractivity contribution in [2.24, 2.45) is 0 Å². The van der Waals surface area contributed by atoms with Crippen LogP contribution in [0.5, 0.6) is 0 Å². The van der Waals surface area contributed by atoms with E-state index in [9.17, 15) is 4.79 Å². The monoisotopic (exact) mass is 372 g/mol. The molecule has 0 atom stereocenters. The van der Waals surface area contributed by atoms with Gasteiger partial charge in [0.1, 0.15) is 0 Å². The Balaban J connectivity index is 2.19. The largest absolute Gasteiger partial charge is 0.283 e. The van der Waals surface area contributed by atoms with Crippen molar-refractivity contribution in [3.8, 4) is 6.07 Å². The predicted molar refractivity (Wildman–Crippen MR) is 85.5 cm³/mol. The van der Waals surface area contributed by atoms with Crippen molar-refractivity contribution in [2.45, 2.75) is 0 Å². The van der Waals surface area contributed by atoms with E-state index < -0.39 is 0 Å². The lowest BCUT2D eigenvalue weighted by atomic mass is 10.1. The Morgan fingerprint density at radius 3 is 2.65 bits per heavy atom. The number of nitrogens with zero attached hydrogens (tertiary/aromatic N) is 2. The average Bonchev–Trinajstić information content (AvgIpc) is 2.91. The van der Waals surface area contributed by atoms with E-state index in [-0.39, 0.29) is 5.91 Å². The molecule has 0 aliphatic carbocycles. The molecule has 0 saturated heterocycles. The number of carbonyl (C=O) groups excluding carboxylic acids is 1. The van der Waals surface area contributed by atoms with Crippen molar-refractivity contribution < 1.29 is 4.79 Å². The number of fused-ring (bicyclic) bond motifs is 1. The number of hydrogen-bond acceptors (Lipinski definition) is 2. The minimum atomic E-state index is -0.0833. The smallest absolute Gasteiger partial charge is 0.263 e. The van der Waals surface area contributed by atoms with Gasteiger partial charge < -0.3 is 0 Å². The van der Waals surface area contributed by atoms with Gasteiger partial charge >= 0.3 is 0 Å². The van der Waals surface area contributed by atoms with E-state index in [1.54, 1.807) is 22.9 Å². The van der Waals surface area contributed by atoms with Gasteiger partial charge in [0.25, 0.3) is 5.91 Å². The molecular weight excluding hydrogens is 363 g/mol. The van der Waals surface area contributed by atoms with Gasteiger partial charge in [0.05, 0.1) is 22.7 Å². The molecule has 0 fully saturated rings. The molecule has 0 N–H and O–H groups in total. The molecule has 0 amide bonds. The maximum Gasteiger partial charge on any atom is 0.263 e. The van der Waals surface area contributed by atoms with Crippen LogP contribution in [0.2, 0.25) is 0 Å². The lowest BCUT2D eigenvalue weighted by Crippen LogP contribution is -2.12. The highest BCUT2D eigenvalue weighted by atomic mass is 127. The number of nitriles is 1. The first kappa shape index (κ1) is 12.9. The van der Waals surface area contributed by atoms with Crippen LogP contribution < -0.4 is 0 Å². The van der Waals surface area contributed by atoms with Gasteiger partial charge in [-0.05, 0) is 52.9 Å². The van der Waals surface area contributed by atoms with E-state index in [4.69, 9.17) is 5.26 Å². The molecule has 4 heteroatoms. The van der Waals surface area contributed by atoms with E-state index in [2.05, 4.69) is 28.7 Å². The highest BCUT2D eigenvalue weighted by Crippen LogP contribution is 2.22. The van der Waals surface area contributed by atoms with Gasteiger partial charge in [-0.15, -0.1) is 0 Å².